The summed E-state index contributed by atoms with van der Waals surface area (Å²) >= 11 is 0. The quantitative estimate of drug-likeness (QED) is 0.727. The van der Waals surface area contributed by atoms with Gasteiger partial charge in [-0.05, 0) is 51.3 Å². The lowest BCUT2D eigenvalue weighted by Gasteiger charge is -2.12. The number of allylic oxidation sites excluding steroid dienone is 2. The van der Waals surface area contributed by atoms with Gasteiger partial charge in [0.2, 0.25) is 0 Å². The fourth-order valence-electron chi connectivity index (χ4n) is 1.62. The lowest BCUT2D eigenvalue weighted by Crippen LogP contribution is -2.09. The fraction of sp³-hybridized carbons (Fsp3) is 0.429. The second-order valence-corrected chi connectivity index (χ2v) is 6.26. The summed E-state index contributed by atoms with van der Waals surface area (Å²) in [5, 5.41) is 1.45. The van der Waals surface area contributed by atoms with Gasteiger partial charge in [-0.25, -0.2) is 0 Å². The van der Waals surface area contributed by atoms with Gasteiger partial charge in [0.05, 0.1) is 0 Å². The van der Waals surface area contributed by atoms with Gasteiger partial charge in [-0.15, -0.1) is 0 Å². The van der Waals surface area contributed by atoms with Gasteiger partial charge in [-0.2, -0.15) is 0 Å². The van der Waals surface area contributed by atoms with Crippen molar-refractivity contribution in [2.45, 2.75) is 40.7 Å². The van der Waals surface area contributed by atoms with Crippen LogP contribution in [0.2, 0.25) is 0 Å². The van der Waals surface area contributed by atoms with Crippen molar-refractivity contribution in [3.63, 3.8) is 0 Å². The van der Waals surface area contributed by atoms with Gasteiger partial charge in [0, 0.05) is 6.10 Å². The summed E-state index contributed by atoms with van der Waals surface area (Å²) < 4.78 is 5.77. The molecule has 0 amide bonds. The molecule has 0 N–H and O–H groups in total. The zero-order valence-electron chi connectivity index (χ0n) is 11.0. The van der Waals surface area contributed by atoms with Gasteiger partial charge < -0.3 is 4.43 Å². The Morgan fingerprint density at radius 3 is 2.38 bits per heavy atom. The van der Waals surface area contributed by atoms with E-state index in [4.69, 9.17) is 4.43 Å². The summed E-state index contributed by atoms with van der Waals surface area (Å²) in [5.41, 5.74) is 4.10. The van der Waals surface area contributed by atoms with Crippen LogP contribution in [0.4, 0.5) is 0 Å². The molecule has 0 saturated heterocycles. The molecule has 0 radical (unpaired) electrons. The van der Waals surface area contributed by atoms with Crippen molar-refractivity contribution in [3.8, 4) is 0 Å². The molecule has 0 aromatic heterocycles. The average molecular weight is 234 g/mol. The second-order valence-electron chi connectivity index (χ2n) is 4.58. The number of rotatable bonds is 4. The highest BCUT2D eigenvalue weighted by atomic mass is 28.2. The summed E-state index contributed by atoms with van der Waals surface area (Å²) in [5.74, 6) is 0. The highest BCUT2D eigenvalue weighted by Gasteiger charge is 2.04. The predicted octanol–water partition coefficient (Wildman–Crippen LogP) is 3.25. The van der Waals surface area contributed by atoms with Gasteiger partial charge in [-0.1, -0.05) is 29.5 Å². The summed E-state index contributed by atoms with van der Waals surface area (Å²) in [6.45, 7) is 10.8. The minimum absolute atomic E-state index is 0.353. The smallest absolute Gasteiger partial charge is 0.188 e. The van der Waals surface area contributed by atoms with E-state index >= 15 is 0 Å². The molecule has 0 saturated carbocycles. The topological polar surface area (TPSA) is 9.23 Å². The van der Waals surface area contributed by atoms with Gasteiger partial charge in [0.25, 0.3) is 0 Å². The number of hydrogen-bond acceptors (Lipinski definition) is 1. The molecule has 2 heteroatoms. The molecule has 0 aliphatic heterocycles. The summed E-state index contributed by atoms with van der Waals surface area (Å²) in [7, 11) is -0.539. The fourth-order valence-corrected chi connectivity index (χ4v) is 2.61. The van der Waals surface area contributed by atoms with Crippen LogP contribution in [0.25, 0.3) is 5.57 Å². The van der Waals surface area contributed by atoms with Gasteiger partial charge in [0.1, 0.15) is 0 Å². The van der Waals surface area contributed by atoms with Crippen molar-refractivity contribution in [1.82, 2.24) is 0 Å². The van der Waals surface area contributed by atoms with Gasteiger partial charge >= 0.3 is 0 Å². The second kappa shape index (κ2) is 6.02. The Labute approximate surface area is 101 Å². The van der Waals surface area contributed by atoms with Crippen LogP contribution in [0.5, 0.6) is 0 Å². The molecule has 0 fully saturated rings. The molecule has 1 rings (SSSR count). The van der Waals surface area contributed by atoms with E-state index in [0.717, 1.165) is 0 Å². The Bertz CT molecular complexity index is 380. The largest absolute Gasteiger partial charge is 0.417 e. The molecule has 0 atom stereocenters. The Morgan fingerprint density at radius 2 is 1.81 bits per heavy atom. The molecular weight excluding hydrogens is 212 g/mol. The van der Waals surface area contributed by atoms with Crippen LogP contribution in [-0.2, 0) is 4.43 Å². The predicted molar refractivity (Wildman–Crippen MR) is 74.2 cm³/mol. The minimum Gasteiger partial charge on any atom is -0.417 e. The van der Waals surface area contributed by atoms with Gasteiger partial charge in [-0.3, -0.25) is 0 Å². The average Bonchev–Trinajstić information content (AvgIpc) is 2.25. The van der Waals surface area contributed by atoms with E-state index in [-0.39, 0.29) is 0 Å². The van der Waals surface area contributed by atoms with E-state index in [1.807, 2.05) is 0 Å². The Kier molecular flexibility index (Phi) is 4.96. The lowest BCUT2D eigenvalue weighted by molar-refractivity contribution is 0.259. The number of benzene rings is 1. The molecule has 0 heterocycles. The molecule has 0 bridgehead atoms. The molecule has 0 unspecified atom stereocenters. The van der Waals surface area contributed by atoms with E-state index in [1.54, 1.807) is 0 Å². The van der Waals surface area contributed by atoms with E-state index in [2.05, 4.69) is 58.9 Å². The van der Waals surface area contributed by atoms with Crippen molar-refractivity contribution in [2.24, 2.45) is 0 Å². The van der Waals surface area contributed by atoms with Crippen molar-refractivity contribution < 1.29 is 4.43 Å². The van der Waals surface area contributed by atoms with E-state index in [9.17, 15) is 0 Å². The monoisotopic (exact) mass is 234 g/mol. The Hall–Kier alpha value is -0.863. The normalized spacial score (nSPS) is 13.6. The first-order valence-electron chi connectivity index (χ1n) is 5.86. The minimum atomic E-state index is -0.539. The maximum absolute atomic E-state index is 5.77. The van der Waals surface area contributed by atoms with Gasteiger partial charge in [0.15, 0.2) is 9.76 Å². The highest BCUT2D eigenvalue weighted by Crippen LogP contribution is 2.21. The van der Waals surface area contributed by atoms with Crippen LogP contribution in [-0.4, -0.2) is 15.9 Å². The van der Waals surface area contributed by atoms with E-state index < -0.39 is 9.76 Å². The third-order valence-corrected chi connectivity index (χ3v) is 4.62. The van der Waals surface area contributed by atoms with Crippen molar-refractivity contribution in [3.05, 3.63) is 40.6 Å². The van der Waals surface area contributed by atoms with Crippen LogP contribution in [0, 0.1) is 6.92 Å². The molecule has 1 nitrogen and oxygen atoms in total. The Balaban J connectivity index is 2.87. The van der Waals surface area contributed by atoms with Crippen LogP contribution in [0.3, 0.4) is 0 Å². The third-order valence-electron chi connectivity index (χ3n) is 2.82. The summed E-state index contributed by atoms with van der Waals surface area (Å²) in [6, 6.07) is 8.54. The van der Waals surface area contributed by atoms with Crippen LogP contribution in [0.15, 0.2) is 29.5 Å². The molecule has 88 valence electrons. The SMILES string of the molecule is CC([SiH2]OC(C)C)=C(C)c1ccccc1C. The number of hydrogen-bond donors (Lipinski definition) is 0. The van der Waals surface area contributed by atoms with Crippen LogP contribution < -0.4 is 0 Å². The lowest BCUT2D eigenvalue weighted by atomic mass is 10.0. The van der Waals surface area contributed by atoms with Crippen LogP contribution >= 0.6 is 0 Å². The maximum atomic E-state index is 5.77. The molecule has 0 aliphatic rings. The van der Waals surface area contributed by atoms with Crippen LogP contribution in [0.1, 0.15) is 38.8 Å². The first-order chi connectivity index (χ1) is 7.52. The molecule has 16 heavy (non-hydrogen) atoms. The summed E-state index contributed by atoms with van der Waals surface area (Å²) in [6.07, 6.45) is 0.353. The zero-order valence-corrected chi connectivity index (χ0v) is 12.4. The zero-order chi connectivity index (χ0) is 12.1. The Morgan fingerprint density at radius 1 is 1.19 bits per heavy atom. The van der Waals surface area contributed by atoms with Crippen molar-refractivity contribution in [1.29, 1.82) is 0 Å². The first kappa shape index (κ1) is 13.2. The molecular formula is C14H22OSi. The molecule has 0 spiro atoms. The highest BCUT2D eigenvalue weighted by molar-refractivity contribution is 6.40. The summed E-state index contributed by atoms with van der Waals surface area (Å²) in [4.78, 5) is 0. The van der Waals surface area contributed by atoms with E-state index in [0.29, 0.717) is 6.10 Å². The first-order valence-corrected chi connectivity index (χ1v) is 7.14. The third kappa shape index (κ3) is 3.61. The van der Waals surface area contributed by atoms with Crippen molar-refractivity contribution >= 4 is 15.3 Å². The van der Waals surface area contributed by atoms with E-state index in [1.165, 1.54) is 21.9 Å². The molecule has 1 aromatic carbocycles. The molecule has 0 aliphatic carbocycles. The maximum Gasteiger partial charge on any atom is 0.188 e. The number of aryl methyl sites for hydroxylation is 1. The molecule has 1 aromatic rings. The van der Waals surface area contributed by atoms with Crippen molar-refractivity contribution in [2.75, 3.05) is 0 Å². The standard InChI is InChI=1S/C14H22OSi/c1-10(2)15-16-13(5)12(4)14-9-7-6-8-11(14)3/h6-10H,16H2,1-5H3.